The van der Waals surface area contributed by atoms with Gasteiger partial charge < -0.3 is 14.4 Å². The first-order chi connectivity index (χ1) is 9.41. The van der Waals surface area contributed by atoms with Crippen molar-refractivity contribution in [1.29, 1.82) is 0 Å². The molecule has 6 heteroatoms. The first-order valence-corrected chi connectivity index (χ1v) is 6.68. The molecule has 1 amide bonds. The summed E-state index contributed by atoms with van der Waals surface area (Å²) < 4.78 is 7.19. The minimum Gasteiger partial charge on any atom is -0.347 e. The maximum atomic E-state index is 11.8. The summed E-state index contributed by atoms with van der Waals surface area (Å²) in [6, 6.07) is 3.88. The summed E-state index contributed by atoms with van der Waals surface area (Å²) in [6.45, 7) is 8.71. The predicted octanol–water partition coefficient (Wildman–Crippen LogP) is 2.22. The Labute approximate surface area is 118 Å². The molecule has 2 rings (SSSR count). The van der Waals surface area contributed by atoms with Gasteiger partial charge in [0.05, 0.1) is 12.2 Å². The van der Waals surface area contributed by atoms with Crippen LogP contribution in [0.2, 0.25) is 0 Å². The van der Waals surface area contributed by atoms with E-state index in [9.17, 15) is 4.79 Å². The Morgan fingerprint density at radius 1 is 1.45 bits per heavy atom. The van der Waals surface area contributed by atoms with Gasteiger partial charge in [-0.2, -0.15) is 4.98 Å². The van der Waals surface area contributed by atoms with E-state index in [2.05, 4.69) is 15.5 Å². The Balaban J connectivity index is 2.05. The van der Waals surface area contributed by atoms with Crippen molar-refractivity contribution in [3.63, 3.8) is 0 Å². The van der Waals surface area contributed by atoms with Crippen LogP contribution < -0.4 is 5.32 Å². The third-order valence-electron chi connectivity index (χ3n) is 2.95. The summed E-state index contributed by atoms with van der Waals surface area (Å²) in [5, 5.41) is 6.73. The van der Waals surface area contributed by atoms with E-state index in [0.29, 0.717) is 11.7 Å². The van der Waals surface area contributed by atoms with Crippen LogP contribution in [0.25, 0.3) is 11.5 Å². The maximum Gasteiger partial charge on any atom is 0.246 e. The fourth-order valence-corrected chi connectivity index (χ4v) is 1.74. The summed E-state index contributed by atoms with van der Waals surface area (Å²) in [6.07, 6.45) is 1.97. The highest BCUT2D eigenvalue weighted by Gasteiger charge is 2.21. The van der Waals surface area contributed by atoms with E-state index in [1.165, 1.54) is 0 Å². The number of amides is 1. The number of hydrogen-bond donors (Lipinski definition) is 1. The van der Waals surface area contributed by atoms with Crippen molar-refractivity contribution in [2.45, 2.75) is 40.8 Å². The standard InChI is InChI=1S/C14H20N4O2/c1-5-18-8-6-7-10(18)12-16-11(20-17-12)9-15-13(19)14(2,3)4/h6-8H,5,9H2,1-4H3,(H,15,19). The van der Waals surface area contributed by atoms with Gasteiger partial charge in [0.1, 0.15) is 0 Å². The van der Waals surface area contributed by atoms with Crippen molar-refractivity contribution in [2.24, 2.45) is 5.41 Å². The Bertz CT molecular complexity index is 592. The molecule has 0 bridgehead atoms. The molecule has 0 aromatic carbocycles. The van der Waals surface area contributed by atoms with Crippen LogP contribution in [0.1, 0.15) is 33.6 Å². The average molecular weight is 276 g/mol. The molecule has 0 unspecified atom stereocenters. The SMILES string of the molecule is CCn1cccc1-c1noc(CNC(=O)C(C)(C)C)n1. The summed E-state index contributed by atoms with van der Waals surface area (Å²) in [5.41, 5.74) is 0.476. The molecule has 0 aliphatic carbocycles. The number of rotatable bonds is 4. The summed E-state index contributed by atoms with van der Waals surface area (Å²) in [4.78, 5) is 16.1. The minimum atomic E-state index is -0.431. The lowest BCUT2D eigenvalue weighted by Gasteiger charge is -2.16. The number of aryl methyl sites for hydroxylation is 1. The first kappa shape index (κ1) is 14.3. The smallest absolute Gasteiger partial charge is 0.246 e. The lowest BCUT2D eigenvalue weighted by atomic mass is 9.96. The van der Waals surface area contributed by atoms with Crippen molar-refractivity contribution in [2.75, 3.05) is 0 Å². The van der Waals surface area contributed by atoms with Crippen molar-refractivity contribution >= 4 is 5.91 Å². The second kappa shape index (κ2) is 5.48. The summed E-state index contributed by atoms with van der Waals surface area (Å²) in [5.74, 6) is 0.896. The number of aromatic nitrogens is 3. The zero-order valence-electron chi connectivity index (χ0n) is 12.3. The molecule has 0 spiro atoms. The molecule has 0 saturated heterocycles. The largest absolute Gasteiger partial charge is 0.347 e. The molecule has 0 aliphatic rings. The highest BCUT2D eigenvalue weighted by atomic mass is 16.5. The molecule has 2 aromatic rings. The summed E-state index contributed by atoms with van der Waals surface area (Å²) in [7, 11) is 0. The van der Waals surface area contributed by atoms with Crippen molar-refractivity contribution in [3.05, 3.63) is 24.2 Å². The predicted molar refractivity (Wildman–Crippen MR) is 74.7 cm³/mol. The highest BCUT2D eigenvalue weighted by molar-refractivity contribution is 5.81. The van der Waals surface area contributed by atoms with Gasteiger partial charge >= 0.3 is 0 Å². The molecule has 20 heavy (non-hydrogen) atoms. The van der Waals surface area contributed by atoms with Crippen LogP contribution in [0, 0.1) is 5.41 Å². The molecule has 1 N–H and O–H groups in total. The monoisotopic (exact) mass is 276 g/mol. The molecule has 0 aliphatic heterocycles. The topological polar surface area (TPSA) is 73.0 Å². The van der Waals surface area contributed by atoms with Gasteiger partial charge in [-0.1, -0.05) is 25.9 Å². The van der Waals surface area contributed by atoms with E-state index < -0.39 is 5.41 Å². The van der Waals surface area contributed by atoms with Gasteiger partial charge in [0, 0.05) is 18.2 Å². The zero-order valence-corrected chi connectivity index (χ0v) is 12.3. The summed E-state index contributed by atoms with van der Waals surface area (Å²) >= 11 is 0. The molecular weight excluding hydrogens is 256 g/mol. The fraction of sp³-hybridized carbons (Fsp3) is 0.500. The molecule has 6 nitrogen and oxygen atoms in total. The number of nitrogens with zero attached hydrogens (tertiary/aromatic N) is 3. The second-order valence-electron chi connectivity index (χ2n) is 5.62. The lowest BCUT2D eigenvalue weighted by molar-refractivity contribution is -0.128. The first-order valence-electron chi connectivity index (χ1n) is 6.68. The third kappa shape index (κ3) is 3.07. The molecule has 108 valence electrons. The number of hydrogen-bond acceptors (Lipinski definition) is 4. The van der Waals surface area contributed by atoms with E-state index in [1.54, 1.807) is 0 Å². The molecule has 0 radical (unpaired) electrons. The number of nitrogens with one attached hydrogen (secondary N) is 1. The Hall–Kier alpha value is -2.11. The van der Waals surface area contributed by atoms with Gasteiger partial charge in [0.15, 0.2) is 0 Å². The van der Waals surface area contributed by atoms with Crippen LogP contribution >= 0.6 is 0 Å². The van der Waals surface area contributed by atoms with Crippen LogP contribution in [-0.2, 0) is 17.9 Å². The van der Waals surface area contributed by atoms with Gasteiger partial charge in [-0.15, -0.1) is 0 Å². The van der Waals surface area contributed by atoms with E-state index in [4.69, 9.17) is 4.52 Å². The number of carbonyl (C=O) groups excluding carboxylic acids is 1. The molecule has 2 heterocycles. The number of carbonyl (C=O) groups is 1. The highest BCUT2D eigenvalue weighted by Crippen LogP contribution is 2.17. The Kier molecular flexibility index (Phi) is 3.92. The Morgan fingerprint density at radius 3 is 2.85 bits per heavy atom. The van der Waals surface area contributed by atoms with Crippen LogP contribution in [-0.4, -0.2) is 20.6 Å². The molecule has 0 atom stereocenters. The molecule has 2 aromatic heterocycles. The normalized spacial score (nSPS) is 11.6. The van der Waals surface area contributed by atoms with Crippen molar-refractivity contribution < 1.29 is 9.32 Å². The lowest BCUT2D eigenvalue weighted by Crippen LogP contribution is -2.34. The third-order valence-corrected chi connectivity index (χ3v) is 2.95. The van der Waals surface area contributed by atoms with Gasteiger partial charge in [0.25, 0.3) is 0 Å². The fourth-order valence-electron chi connectivity index (χ4n) is 1.74. The van der Waals surface area contributed by atoms with E-state index in [-0.39, 0.29) is 12.5 Å². The van der Waals surface area contributed by atoms with E-state index in [0.717, 1.165) is 12.2 Å². The van der Waals surface area contributed by atoms with Crippen LogP contribution in [0.3, 0.4) is 0 Å². The molecule has 0 saturated carbocycles. The minimum absolute atomic E-state index is 0.0471. The van der Waals surface area contributed by atoms with Gasteiger partial charge in [0.2, 0.25) is 17.6 Å². The van der Waals surface area contributed by atoms with Gasteiger partial charge in [-0.25, -0.2) is 0 Å². The van der Waals surface area contributed by atoms with Crippen molar-refractivity contribution in [1.82, 2.24) is 20.0 Å². The van der Waals surface area contributed by atoms with Gasteiger partial charge in [-0.3, -0.25) is 4.79 Å². The van der Waals surface area contributed by atoms with Gasteiger partial charge in [-0.05, 0) is 19.1 Å². The Morgan fingerprint density at radius 2 is 2.20 bits per heavy atom. The quantitative estimate of drug-likeness (QED) is 0.929. The second-order valence-corrected chi connectivity index (χ2v) is 5.62. The van der Waals surface area contributed by atoms with Crippen LogP contribution in [0.4, 0.5) is 0 Å². The maximum absolute atomic E-state index is 11.8. The zero-order chi connectivity index (χ0) is 14.8. The molecule has 0 fully saturated rings. The molecular formula is C14H20N4O2. The van der Waals surface area contributed by atoms with E-state index in [1.807, 2.05) is 50.6 Å². The van der Waals surface area contributed by atoms with Crippen LogP contribution in [0.5, 0.6) is 0 Å². The van der Waals surface area contributed by atoms with Crippen molar-refractivity contribution in [3.8, 4) is 11.5 Å². The van der Waals surface area contributed by atoms with Crippen LogP contribution in [0.15, 0.2) is 22.9 Å². The average Bonchev–Trinajstić information content (AvgIpc) is 3.02. The van der Waals surface area contributed by atoms with E-state index >= 15 is 0 Å².